The van der Waals surface area contributed by atoms with Gasteiger partial charge in [-0.1, -0.05) is 31.5 Å². The summed E-state index contributed by atoms with van der Waals surface area (Å²) >= 11 is 9.61. The third-order valence-electron chi connectivity index (χ3n) is 2.62. The minimum atomic E-state index is 0.442. The molecule has 106 valence electrons. The van der Waals surface area contributed by atoms with Crippen molar-refractivity contribution >= 4 is 27.5 Å². The third kappa shape index (κ3) is 4.47. The van der Waals surface area contributed by atoms with Gasteiger partial charge in [0.05, 0.1) is 11.2 Å². The van der Waals surface area contributed by atoms with Crippen molar-refractivity contribution in [1.82, 2.24) is 10.3 Å². The molecular formula is C15H16BrClN2O. The smallest absolute Gasteiger partial charge is 0.146 e. The molecule has 1 aromatic heterocycles. The van der Waals surface area contributed by atoms with E-state index >= 15 is 0 Å². The van der Waals surface area contributed by atoms with Gasteiger partial charge in [-0.2, -0.15) is 0 Å². The van der Waals surface area contributed by atoms with Crippen LogP contribution in [0.25, 0.3) is 0 Å². The molecule has 0 radical (unpaired) electrons. The second-order valence-corrected chi connectivity index (χ2v) is 6.06. The molecule has 0 spiro atoms. The molecule has 5 heteroatoms. The quantitative estimate of drug-likeness (QED) is 0.837. The summed E-state index contributed by atoms with van der Waals surface area (Å²) in [6.45, 7) is 5.01. The Morgan fingerprint density at radius 3 is 2.75 bits per heavy atom. The summed E-state index contributed by atoms with van der Waals surface area (Å²) < 4.78 is 6.59. The molecule has 1 heterocycles. The van der Waals surface area contributed by atoms with Crippen molar-refractivity contribution in [2.45, 2.75) is 26.4 Å². The van der Waals surface area contributed by atoms with E-state index in [0.29, 0.717) is 22.6 Å². The molecule has 0 saturated carbocycles. The number of benzene rings is 1. The molecule has 0 bridgehead atoms. The fourth-order valence-electron chi connectivity index (χ4n) is 1.63. The van der Waals surface area contributed by atoms with E-state index in [-0.39, 0.29) is 0 Å². The van der Waals surface area contributed by atoms with Gasteiger partial charge in [0.2, 0.25) is 0 Å². The largest absolute Gasteiger partial charge is 0.454 e. The first-order chi connectivity index (χ1) is 9.54. The predicted octanol–water partition coefficient (Wildman–Crippen LogP) is 4.79. The lowest BCUT2D eigenvalue weighted by atomic mass is 10.2. The molecule has 2 aromatic rings. The normalized spacial score (nSPS) is 10.8. The van der Waals surface area contributed by atoms with E-state index in [9.17, 15) is 0 Å². The molecule has 0 unspecified atom stereocenters. The first kappa shape index (κ1) is 15.3. The van der Waals surface area contributed by atoms with Gasteiger partial charge in [0.25, 0.3) is 0 Å². The van der Waals surface area contributed by atoms with E-state index in [1.165, 1.54) is 0 Å². The molecule has 3 nitrogen and oxygen atoms in total. The lowest BCUT2D eigenvalue weighted by Crippen LogP contribution is -2.21. The van der Waals surface area contributed by atoms with Crippen LogP contribution in [0.15, 0.2) is 41.1 Å². The molecular weight excluding hydrogens is 340 g/mol. The van der Waals surface area contributed by atoms with Gasteiger partial charge in [-0.05, 0) is 39.7 Å². The Labute approximate surface area is 132 Å². The van der Waals surface area contributed by atoms with E-state index in [0.717, 1.165) is 16.6 Å². The number of halogens is 2. The van der Waals surface area contributed by atoms with Crippen molar-refractivity contribution in [3.8, 4) is 11.5 Å². The van der Waals surface area contributed by atoms with Crippen molar-refractivity contribution in [1.29, 1.82) is 0 Å². The van der Waals surface area contributed by atoms with E-state index < -0.39 is 0 Å². The van der Waals surface area contributed by atoms with Crippen LogP contribution < -0.4 is 10.1 Å². The Bertz CT molecular complexity index is 590. The Balaban J connectivity index is 2.09. The number of hydrogen-bond donors (Lipinski definition) is 1. The molecule has 0 saturated heterocycles. The van der Waals surface area contributed by atoms with E-state index in [1.807, 2.05) is 24.3 Å². The Hall–Kier alpha value is -1.10. The number of ether oxygens (including phenoxy) is 1. The molecule has 0 atom stereocenters. The average Bonchev–Trinajstić information content (AvgIpc) is 2.39. The standard InChI is InChI=1S/C15H16BrClN2O/c1-10(2)19-7-11-3-4-15(14(17)5-11)20-13-6-12(16)8-18-9-13/h3-6,8-10,19H,7H2,1-2H3. The summed E-state index contributed by atoms with van der Waals surface area (Å²) in [5.74, 6) is 1.27. The van der Waals surface area contributed by atoms with Gasteiger partial charge in [0.1, 0.15) is 11.5 Å². The van der Waals surface area contributed by atoms with E-state index in [4.69, 9.17) is 16.3 Å². The van der Waals surface area contributed by atoms with Crippen molar-refractivity contribution < 1.29 is 4.74 Å². The van der Waals surface area contributed by atoms with Crippen LogP contribution in [0.5, 0.6) is 11.5 Å². The third-order valence-corrected chi connectivity index (χ3v) is 3.35. The zero-order valence-electron chi connectivity index (χ0n) is 11.4. The van der Waals surface area contributed by atoms with Crippen LogP contribution in [0.2, 0.25) is 5.02 Å². The molecule has 0 aliphatic heterocycles. The van der Waals surface area contributed by atoms with Gasteiger partial charge in [-0.25, -0.2) is 0 Å². The number of pyridine rings is 1. The highest BCUT2D eigenvalue weighted by atomic mass is 79.9. The summed E-state index contributed by atoms with van der Waals surface area (Å²) in [4.78, 5) is 4.05. The second kappa shape index (κ2) is 7.07. The van der Waals surface area contributed by atoms with Crippen molar-refractivity contribution in [2.75, 3.05) is 0 Å². The van der Waals surface area contributed by atoms with Crippen LogP contribution >= 0.6 is 27.5 Å². The highest BCUT2D eigenvalue weighted by Gasteiger charge is 2.06. The fraction of sp³-hybridized carbons (Fsp3) is 0.267. The lowest BCUT2D eigenvalue weighted by Gasteiger charge is -2.11. The Kier molecular flexibility index (Phi) is 5.40. The van der Waals surface area contributed by atoms with Crippen LogP contribution in [-0.4, -0.2) is 11.0 Å². The molecule has 0 aliphatic rings. The molecule has 0 amide bonds. The lowest BCUT2D eigenvalue weighted by molar-refractivity contribution is 0.479. The van der Waals surface area contributed by atoms with Gasteiger partial charge in [-0.15, -0.1) is 0 Å². The van der Waals surface area contributed by atoms with Crippen LogP contribution in [0.4, 0.5) is 0 Å². The maximum Gasteiger partial charge on any atom is 0.146 e. The van der Waals surface area contributed by atoms with Crippen LogP contribution in [0.1, 0.15) is 19.4 Å². The summed E-state index contributed by atoms with van der Waals surface area (Å²) in [5, 5.41) is 3.94. The maximum absolute atomic E-state index is 6.25. The zero-order chi connectivity index (χ0) is 14.5. The first-order valence-corrected chi connectivity index (χ1v) is 7.52. The summed E-state index contributed by atoms with van der Waals surface area (Å²) in [7, 11) is 0. The van der Waals surface area contributed by atoms with Gasteiger partial charge in [0, 0.05) is 23.3 Å². The molecule has 20 heavy (non-hydrogen) atoms. The summed E-state index contributed by atoms with van der Waals surface area (Å²) in [6, 6.07) is 8.08. The molecule has 0 aliphatic carbocycles. The Morgan fingerprint density at radius 2 is 2.10 bits per heavy atom. The van der Waals surface area contributed by atoms with E-state index in [1.54, 1.807) is 12.4 Å². The fourth-order valence-corrected chi connectivity index (χ4v) is 2.22. The number of hydrogen-bond acceptors (Lipinski definition) is 3. The monoisotopic (exact) mass is 354 g/mol. The minimum absolute atomic E-state index is 0.442. The SMILES string of the molecule is CC(C)NCc1ccc(Oc2cncc(Br)c2)c(Cl)c1. The molecule has 0 fully saturated rings. The highest BCUT2D eigenvalue weighted by Crippen LogP contribution is 2.30. The molecule has 2 rings (SSSR count). The predicted molar refractivity (Wildman–Crippen MR) is 85.4 cm³/mol. The number of nitrogens with zero attached hydrogens (tertiary/aromatic N) is 1. The van der Waals surface area contributed by atoms with Gasteiger partial charge in [-0.3, -0.25) is 4.98 Å². The molecule has 1 aromatic carbocycles. The van der Waals surface area contributed by atoms with Gasteiger partial charge >= 0.3 is 0 Å². The van der Waals surface area contributed by atoms with Gasteiger partial charge in [0.15, 0.2) is 0 Å². The Morgan fingerprint density at radius 1 is 1.30 bits per heavy atom. The zero-order valence-corrected chi connectivity index (χ0v) is 13.7. The number of rotatable bonds is 5. The number of aromatic nitrogens is 1. The minimum Gasteiger partial charge on any atom is -0.454 e. The summed E-state index contributed by atoms with van der Waals surface area (Å²) in [6.07, 6.45) is 3.35. The van der Waals surface area contributed by atoms with Crippen LogP contribution in [0, 0.1) is 0 Å². The number of nitrogens with one attached hydrogen (secondary N) is 1. The van der Waals surface area contributed by atoms with Gasteiger partial charge < -0.3 is 10.1 Å². The highest BCUT2D eigenvalue weighted by molar-refractivity contribution is 9.10. The van der Waals surface area contributed by atoms with E-state index in [2.05, 4.69) is 40.1 Å². The second-order valence-electron chi connectivity index (χ2n) is 4.74. The topological polar surface area (TPSA) is 34.1 Å². The average molecular weight is 356 g/mol. The first-order valence-electron chi connectivity index (χ1n) is 6.35. The van der Waals surface area contributed by atoms with Crippen molar-refractivity contribution in [2.24, 2.45) is 0 Å². The van der Waals surface area contributed by atoms with Crippen molar-refractivity contribution in [3.05, 3.63) is 51.7 Å². The summed E-state index contributed by atoms with van der Waals surface area (Å²) in [5.41, 5.74) is 1.13. The molecule has 1 N–H and O–H groups in total. The van der Waals surface area contributed by atoms with Crippen LogP contribution in [0.3, 0.4) is 0 Å². The van der Waals surface area contributed by atoms with Crippen molar-refractivity contribution in [3.63, 3.8) is 0 Å². The van der Waals surface area contributed by atoms with Crippen LogP contribution in [-0.2, 0) is 6.54 Å². The maximum atomic E-state index is 6.25.